The Hall–Kier alpha value is -4.05. The molecule has 11 heteroatoms. The molecule has 0 saturated carbocycles. The fourth-order valence-corrected chi connectivity index (χ4v) is 6.61. The number of fused-ring (bicyclic) bond motifs is 1. The summed E-state index contributed by atoms with van der Waals surface area (Å²) in [4.78, 5) is 32.6. The number of benzene rings is 3. The molecule has 0 amide bonds. The van der Waals surface area contributed by atoms with Crippen LogP contribution < -0.4 is 29.1 Å². The van der Waals surface area contributed by atoms with Crippen molar-refractivity contribution in [3.8, 4) is 17.2 Å². The van der Waals surface area contributed by atoms with E-state index in [9.17, 15) is 9.59 Å². The monoisotopic (exact) mass is 680 g/mol. The van der Waals surface area contributed by atoms with Gasteiger partial charge >= 0.3 is 5.97 Å². The molecule has 1 atom stereocenters. The van der Waals surface area contributed by atoms with Crippen molar-refractivity contribution < 1.29 is 23.7 Å². The largest absolute Gasteiger partial charge is 0.491 e. The number of hydrogen-bond acceptors (Lipinski definition) is 8. The maximum atomic E-state index is 14.1. The second kappa shape index (κ2) is 14.6. The normalized spacial score (nSPS) is 14.6. The smallest absolute Gasteiger partial charge is 0.338 e. The van der Waals surface area contributed by atoms with Crippen LogP contribution in [0.25, 0.3) is 6.08 Å². The van der Waals surface area contributed by atoms with Gasteiger partial charge in [-0.05, 0) is 76.6 Å². The first-order chi connectivity index (χ1) is 22.1. The summed E-state index contributed by atoms with van der Waals surface area (Å²) in [5, 5.41) is 1.06. The van der Waals surface area contributed by atoms with E-state index in [2.05, 4.69) is 4.99 Å². The predicted molar refractivity (Wildman–Crippen MR) is 181 cm³/mol. The highest BCUT2D eigenvalue weighted by atomic mass is 35.5. The highest BCUT2D eigenvalue weighted by Gasteiger charge is 2.35. The molecule has 8 nitrogen and oxygen atoms in total. The molecule has 240 valence electrons. The van der Waals surface area contributed by atoms with Crippen LogP contribution in [0.5, 0.6) is 17.2 Å². The third-order valence-corrected chi connectivity index (χ3v) is 8.63. The predicted octanol–water partition coefficient (Wildman–Crippen LogP) is 6.87. The summed E-state index contributed by atoms with van der Waals surface area (Å²) in [6, 6.07) is 17.3. The first kappa shape index (κ1) is 33.3. The summed E-state index contributed by atoms with van der Waals surface area (Å²) in [5.41, 5.74) is 2.66. The number of halogens is 2. The van der Waals surface area contributed by atoms with Crippen LogP contribution in [0.1, 0.15) is 57.4 Å². The van der Waals surface area contributed by atoms with Gasteiger partial charge in [-0.25, -0.2) is 9.79 Å². The summed E-state index contributed by atoms with van der Waals surface area (Å²) in [6.45, 7) is 10.1. The Morgan fingerprint density at radius 1 is 1.00 bits per heavy atom. The average Bonchev–Trinajstić information content (AvgIpc) is 3.31. The Bertz CT molecular complexity index is 1980. The van der Waals surface area contributed by atoms with Crippen LogP contribution in [0.3, 0.4) is 0 Å². The van der Waals surface area contributed by atoms with Gasteiger partial charge in [-0.2, -0.15) is 0 Å². The lowest BCUT2D eigenvalue weighted by molar-refractivity contribution is -0.139. The van der Waals surface area contributed by atoms with Gasteiger partial charge in [0.2, 0.25) is 0 Å². The maximum Gasteiger partial charge on any atom is 0.338 e. The number of thiazole rings is 1. The zero-order valence-corrected chi connectivity index (χ0v) is 28.5. The number of rotatable bonds is 11. The van der Waals surface area contributed by atoms with E-state index in [4.69, 9.17) is 42.1 Å². The number of nitrogens with zero attached hydrogens (tertiary/aromatic N) is 2. The van der Waals surface area contributed by atoms with Gasteiger partial charge in [0.25, 0.3) is 5.56 Å². The molecule has 1 aliphatic rings. The molecule has 3 aromatic carbocycles. The minimum absolute atomic E-state index is 0.122. The van der Waals surface area contributed by atoms with Crippen molar-refractivity contribution in [3.05, 3.63) is 118 Å². The number of ether oxygens (including phenoxy) is 4. The van der Waals surface area contributed by atoms with E-state index in [1.54, 1.807) is 42.7 Å². The van der Waals surface area contributed by atoms with E-state index in [1.165, 1.54) is 11.3 Å². The first-order valence-electron chi connectivity index (χ1n) is 14.9. The van der Waals surface area contributed by atoms with Crippen LogP contribution in [-0.4, -0.2) is 29.9 Å². The molecule has 0 saturated heterocycles. The zero-order chi connectivity index (χ0) is 33.0. The van der Waals surface area contributed by atoms with Crippen LogP contribution in [0.2, 0.25) is 10.0 Å². The SMILES string of the molecule is CCOC(=O)C1=C(C)N=c2s/c(=C/c3ccc(OCc4ccc(Cl)cc4Cl)c(OCC)c3)c(=O)n2[C@@H]1c1ccccc1OC(C)C. The molecule has 1 aromatic heterocycles. The van der Waals surface area contributed by atoms with Gasteiger partial charge in [-0.3, -0.25) is 9.36 Å². The average molecular weight is 682 g/mol. The van der Waals surface area contributed by atoms with Gasteiger partial charge < -0.3 is 18.9 Å². The highest BCUT2D eigenvalue weighted by molar-refractivity contribution is 7.07. The Kier molecular flexibility index (Phi) is 10.6. The van der Waals surface area contributed by atoms with Crippen molar-refractivity contribution in [1.29, 1.82) is 0 Å². The standard InChI is InChI=1S/C35H34Cl2N2O6S/c1-6-42-29-16-22(12-15-28(29)44-19-23-13-14-24(36)18-26(23)37)17-30-33(40)39-32(25-10-8-9-11-27(25)45-20(3)4)31(34(41)43-7-2)21(5)38-35(39)46-30/h8-18,20,32H,6-7,19H2,1-5H3/b30-17+/t32-/m1/s1. The number of carbonyl (C=O) groups is 1. The molecule has 0 aliphatic carbocycles. The molecule has 0 bridgehead atoms. The third kappa shape index (κ3) is 7.17. The maximum absolute atomic E-state index is 14.1. The van der Waals surface area contributed by atoms with E-state index in [0.29, 0.717) is 60.1 Å². The van der Waals surface area contributed by atoms with Gasteiger partial charge in [0.15, 0.2) is 16.3 Å². The summed E-state index contributed by atoms with van der Waals surface area (Å²) in [5.74, 6) is 1.10. The van der Waals surface area contributed by atoms with Crippen molar-refractivity contribution in [3.63, 3.8) is 0 Å². The number of esters is 1. The summed E-state index contributed by atoms with van der Waals surface area (Å²) >= 11 is 13.6. The van der Waals surface area contributed by atoms with Gasteiger partial charge in [0.05, 0.1) is 35.1 Å². The van der Waals surface area contributed by atoms with E-state index >= 15 is 0 Å². The van der Waals surface area contributed by atoms with Gasteiger partial charge in [-0.1, -0.05) is 64.9 Å². The molecule has 1 aliphatic heterocycles. The summed E-state index contributed by atoms with van der Waals surface area (Å²) < 4.78 is 25.5. The van der Waals surface area contributed by atoms with Crippen molar-refractivity contribution in [1.82, 2.24) is 4.57 Å². The molecule has 0 radical (unpaired) electrons. The number of carbonyl (C=O) groups excluding carboxylic acids is 1. The molecule has 0 spiro atoms. The molecular formula is C35H34Cl2N2O6S. The first-order valence-corrected chi connectivity index (χ1v) is 16.5. The van der Waals surface area contributed by atoms with E-state index in [-0.39, 0.29) is 24.9 Å². The molecule has 0 unspecified atom stereocenters. The molecule has 5 rings (SSSR count). The number of allylic oxidation sites excluding steroid dienone is 1. The summed E-state index contributed by atoms with van der Waals surface area (Å²) in [7, 11) is 0. The highest BCUT2D eigenvalue weighted by Crippen LogP contribution is 2.36. The number of hydrogen-bond donors (Lipinski definition) is 0. The second-order valence-corrected chi connectivity index (χ2v) is 12.5. The molecule has 0 N–H and O–H groups in total. The van der Waals surface area contributed by atoms with Crippen LogP contribution in [0.15, 0.2) is 81.7 Å². The lowest BCUT2D eigenvalue weighted by Gasteiger charge is -2.26. The Morgan fingerprint density at radius 2 is 1.78 bits per heavy atom. The lowest BCUT2D eigenvalue weighted by atomic mass is 9.95. The fourth-order valence-electron chi connectivity index (χ4n) is 5.10. The second-order valence-electron chi connectivity index (χ2n) is 10.7. The molecular weight excluding hydrogens is 647 g/mol. The van der Waals surface area contributed by atoms with Crippen molar-refractivity contribution in [2.24, 2.45) is 4.99 Å². The number of aromatic nitrogens is 1. The van der Waals surface area contributed by atoms with Gasteiger partial charge in [-0.15, -0.1) is 0 Å². The van der Waals surface area contributed by atoms with E-state index in [1.807, 2.05) is 63.2 Å². The Balaban J connectivity index is 1.58. The third-order valence-electron chi connectivity index (χ3n) is 7.06. The fraction of sp³-hybridized carbons (Fsp3) is 0.286. The lowest BCUT2D eigenvalue weighted by Crippen LogP contribution is -2.40. The molecule has 46 heavy (non-hydrogen) atoms. The van der Waals surface area contributed by atoms with Crippen LogP contribution in [-0.2, 0) is 16.1 Å². The minimum atomic E-state index is -0.790. The van der Waals surface area contributed by atoms with Crippen LogP contribution >= 0.6 is 34.5 Å². The topological polar surface area (TPSA) is 88.4 Å². The summed E-state index contributed by atoms with van der Waals surface area (Å²) in [6.07, 6.45) is 1.66. The Labute approximate surface area is 281 Å². The van der Waals surface area contributed by atoms with Crippen molar-refractivity contribution in [2.45, 2.75) is 53.4 Å². The van der Waals surface area contributed by atoms with Crippen LogP contribution in [0.4, 0.5) is 0 Å². The van der Waals surface area contributed by atoms with E-state index < -0.39 is 12.0 Å². The van der Waals surface area contributed by atoms with E-state index in [0.717, 1.165) is 11.1 Å². The zero-order valence-electron chi connectivity index (χ0n) is 26.1. The van der Waals surface area contributed by atoms with Crippen LogP contribution in [0, 0.1) is 0 Å². The molecule has 2 heterocycles. The number of para-hydroxylation sites is 1. The quantitative estimate of drug-likeness (QED) is 0.161. The molecule has 0 fully saturated rings. The Morgan fingerprint density at radius 3 is 2.50 bits per heavy atom. The van der Waals surface area contributed by atoms with Crippen molar-refractivity contribution >= 4 is 46.6 Å². The van der Waals surface area contributed by atoms with Crippen molar-refractivity contribution in [2.75, 3.05) is 13.2 Å². The van der Waals surface area contributed by atoms with Gasteiger partial charge in [0.1, 0.15) is 18.4 Å². The minimum Gasteiger partial charge on any atom is -0.491 e. The molecule has 4 aromatic rings. The van der Waals surface area contributed by atoms with Gasteiger partial charge in [0, 0.05) is 21.2 Å².